The van der Waals surface area contributed by atoms with Gasteiger partial charge in [0.25, 0.3) is 0 Å². The van der Waals surface area contributed by atoms with E-state index in [9.17, 15) is 0 Å². The molecule has 0 radical (unpaired) electrons. The molecule has 6 nitrogen and oxygen atoms in total. The van der Waals surface area contributed by atoms with E-state index in [4.69, 9.17) is 15.2 Å². The van der Waals surface area contributed by atoms with E-state index in [-0.39, 0.29) is 18.2 Å². The number of morpholine rings is 1. The summed E-state index contributed by atoms with van der Waals surface area (Å²) in [7, 11) is 1.66. The number of hydrogen-bond acceptors (Lipinski definition) is 5. The lowest BCUT2D eigenvalue weighted by Gasteiger charge is -2.36. The number of nitrogens with zero attached hydrogens (tertiary/aromatic N) is 3. The van der Waals surface area contributed by atoms with Crippen LogP contribution in [0.2, 0.25) is 0 Å². The standard InChI is InChI=1S/C15H28N4O2/c1-5-6-18-7-8-21-13(10-18)14(16)15-12(20-4)9-17-19(15)11(2)3/h9,11,13-14H,5-8,10,16H2,1-4H3. The lowest BCUT2D eigenvalue weighted by Crippen LogP contribution is -2.47. The molecule has 2 atom stereocenters. The minimum atomic E-state index is -0.232. The molecular formula is C15H28N4O2. The van der Waals surface area contributed by atoms with Crippen molar-refractivity contribution < 1.29 is 9.47 Å². The molecule has 2 unspecified atom stereocenters. The number of ether oxygens (including phenoxy) is 2. The fourth-order valence-electron chi connectivity index (χ4n) is 2.89. The lowest BCUT2D eigenvalue weighted by molar-refractivity contribution is -0.0423. The van der Waals surface area contributed by atoms with Crippen LogP contribution >= 0.6 is 0 Å². The van der Waals surface area contributed by atoms with Gasteiger partial charge >= 0.3 is 0 Å². The molecule has 1 fully saturated rings. The van der Waals surface area contributed by atoms with Crippen LogP contribution in [-0.2, 0) is 4.74 Å². The second-order valence-corrected chi connectivity index (χ2v) is 5.87. The summed E-state index contributed by atoms with van der Waals surface area (Å²) in [6.45, 7) is 10.0. The molecule has 0 amide bonds. The van der Waals surface area contributed by atoms with Gasteiger partial charge < -0.3 is 15.2 Å². The highest BCUT2D eigenvalue weighted by atomic mass is 16.5. The summed E-state index contributed by atoms with van der Waals surface area (Å²) in [5.74, 6) is 0.743. The van der Waals surface area contributed by atoms with Crippen LogP contribution in [0.15, 0.2) is 6.20 Å². The van der Waals surface area contributed by atoms with Crippen LogP contribution in [0.4, 0.5) is 0 Å². The van der Waals surface area contributed by atoms with Gasteiger partial charge in [-0.05, 0) is 26.8 Å². The predicted molar refractivity (Wildman–Crippen MR) is 82.6 cm³/mol. The van der Waals surface area contributed by atoms with Crippen LogP contribution in [0.5, 0.6) is 5.75 Å². The molecule has 0 bridgehead atoms. The first-order valence-corrected chi connectivity index (χ1v) is 7.79. The van der Waals surface area contributed by atoms with Gasteiger partial charge in [0.15, 0.2) is 5.75 Å². The number of hydrogen-bond donors (Lipinski definition) is 1. The summed E-state index contributed by atoms with van der Waals surface area (Å²) >= 11 is 0. The van der Waals surface area contributed by atoms with Crippen molar-refractivity contribution in [2.24, 2.45) is 5.73 Å². The Kier molecular flexibility index (Phi) is 5.61. The molecule has 0 spiro atoms. The Labute approximate surface area is 127 Å². The molecule has 2 N–H and O–H groups in total. The molecule has 1 saturated heterocycles. The highest BCUT2D eigenvalue weighted by Gasteiger charge is 2.31. The fourth-order valence-corrected chi connectivity index (χ4v) is 2.89. The molecule has 1 aliphatic heterocycles. The number of rotatable bonds is 6. The van der Waals surface area contributed by atoms with Gasteiger partial charge in [-0.2, -0.15) is 5.10 Å². The first-order chi connectivity index (χ1) is 10.1. The summed E-state index contributed by atoms with van der Waals surface area (Å²) < 4.78 is 13.3. The van der Waals surface area contributed by atoms with E-state index < -0.39 is 0 Å². The normalized spacial score (nSPS) is 21.7. The Morgan fingerprint density at radius 2 is 2.29 bits per heavy atom. The molecule has 1 aliphatic rings. The van der Waals surface area contributed by atoms with Gasteiger partial charge in [0.2, 0.25) is 0 Å². The first kappa shape index (κ1) is 16.3. The van der Waals surface area contributed by atoms with Crippen molar-refractivity contribution in [3.63, 3.8) is 0 Å². The SMILES string of the molecule is CCCN1CCOC(C(N)c2c(OC)cnn2C(C)C)C1. The van der Waals surface area contributed by atoms with Crippen LogP contribution < -0.4 is 10.5 Å². The number of nitrogens with two attached hydrogens (primary N) is 1. The summed E-state index contributed by atoms with van der Waals surface area (Å²) in [5.41, 5.74) is 7.42. The van der Waals surface area contributed by atoms with E-state index in [2.05, 4.69) is 30.8 Å². The Bertz CT molecular complexity index is 445. The average molecular weight is 296 g/mol. The van der Waals surface area contributed by atoms with Gasteiger partial charge in [-0.1, -0.05) is 6.92 Å². The Hall–Kier alpha value is -1.11. The van der Waals surface area contributed by atoms with Crippen LogP contribution in [-0.4, -0.2) is 54.1 Å². The Morgan fingerprint density at radius 3 is 2.90 bits per heavy atom. The second kappa shape index (κ2) is 7.24. The largest absolute Gasteiger partial charge is 0.493 e. The topological polar surface area (TPSA) is 65.5 Å². The molecule has 2 heterocycles. The summed E-state index contributed by atoms with van der Waals surface area (Å²) in [5, 5.41) is 4.40. The minimum Gasteiger partial charge on any atom is -0.493 e. The van der Waals surface area contributed by atoms with Gasteiger partial charge in [0.1, 0.15) is 5.69 Å². The number of methoxy groups -OCH3 is 1. The quantitative estimate of drug-likeness (QED) is 0.863. The van der Waals surface area contributed by atoms with E-state index in [1.165, 1.54) is 0 Å². The second-order valence-electron chi connectivity index (χ2n) is 5.87. The highest BCUT2D eigenvalue weighted by Crippen LogP contribution is 2.30. The monoisotopic (exact) mass is 296 g/mol. The van der Waals surface area contributed by atoms with Gasteiger partial charge in [0.05, 0.1) is 32.1 Å². The molecule has 0 aromatic carbocycles. The van der Waals surface area contributed by atoms with E-state index in [0.717, 1.165) is 44.1 Å². The minimum absolute atomic E-state index is 0.0200. The third kappa shape index (κ3) is 3.56. The third-order valence-corrected chi connectivity index (χ3v) is 3.94. The zero-order valence-corrected chi connectivity index (χ0v) is 13.6. The average Bonchev–Trinajstić information content (AvgIpc) is 2.91. The fraction of sp³-hybridized carbons (Fsp3) is 0.800. The molecule has 2 rings (SSSR count). The third-order valence-electron chi connectivity index (χ3n) is 3.94. The van der Waals surface area contributed by atoms with Crippen molar-refractivity contribution in [2.45, 2.75) is 45.4 Å². The van der Waals surface area contributed by atoms with Crippen molar-refractivity contribution in [2.75, 3.05) is 33.4 Å². The van der Waals surface area contributed by atoms with Crippen LogP contribution in [0, 0.1) is 0 Å². The molecule has 1 aromatic heterocycles. The van der Waals surface area contributed by atoms with Crippen molar-refractivity contribution in [1.29, 1.82) is 0 Å². The molecule has 120 valence electrons. The summed E-state index contributed by atoms with van der Waals surface area (Å²) in [4.78, 5) is 2.41. The van der Waals surface area contributed by atoms with Gasteiger partial charge in [-0.15, -0.1) is 0 Å². The van der Waals surface area contributed by atoms with Crippen LogP contribution in [0.25, 0.3) is 0 Å². The van der Waals surface area contributed by atoms with E-state index in [1.54, 1.807) is 13.3 Å². The molecule has 0 saturated carbocycles. The predicted octanol–water partition coefficient (Wildman–Crippen LogP) is 1.58. The number of aromatic nitrogens is 2. The van der Waals surface area contributed by atoms with E-state index in [0.29, 0.717) is 0 Å². The maximum absolute atomic E-state index is 6.50. The zero-order chi connectivity index (χ0) is 15.4. The lowest BCUT2D eigenvalue weighted by atomic mass is 10.1. The van der Waals surface area contributed by atoms with Crippen LogP contribution in [0.1, 0.15) is 45.0 Å². The molecule has 1 aromatic rings. The van der Waals surface area contributed by atoms with Gasteiger partial charge in [0, 0.05) is 19.1 Å². The molecule has 0 aliphatic carbocycles. The first-order valence-electron chi connectivity index (χ1n) is 7.79. The maximum atomic E-state index is 6.50. The summed E-state index contributed by atoms with van der Waals surface area (Å²) in [6.07, 6.45) is 2.87. The Morgan fingerprint density at radius 1 is 1.52 bits per heavy atom. The Balaban J connectivity index is 2.18. The van der Waals surface area contributed by atoms with Crippen molar-refractivity contribution in [3.8, 4) is 5.75 Å². The van der Waals surface area contributed by atoms with Gasteiger partial charge in [-0.3, -0.25) is 9.58 Å². The maximum Gasteiger partial charge on any atom is 0.161 e. The zero-order valence-electron chi connectivity index (χ0n) is 13.6. The molecular weight excluding hydrogens is 268 g/mol. The molecule has 6 heteroatoms. The smallest absolute Gasteiger partial charge is 0.161 e. The van der Waals surface area contributed by atoms with Crippen LogP contribution in [0.3, 0.4) is 0 Å². The highest BCUT2D eigenvalue weighted by molar-refractivity contribution is 5.29. The van der Waals surface area contributed by atoms with Gasteiger partial charge in [-0.25, -0.2) is 0 Å². The molecule has 21 heavy (non-hydrogen) atoms. The van der Waals surface area contributed by atoms with Crippen molar-refractivity contribution >= 4 is 0 Å². The van der Waals surface area contributed by atoms with Crippen molar-refractivity contribution in [3.05, 3.63) is 11.9 Å². The van der Waals surface area contributed by atoms with E-state index in [1.807, 2.05) is 4.68 Å². The van der Waals surface area contributed by atoms with Crippen molar-refractivity contribution in [1.82, 2.24) is 14.7 Å². The van der Waals surface area contributed by atoms with E-state index >= 15 is 0 Å². The summed E-state index contributed by atoms with van der Waals surface area (Å²) in [6, 6.07) is 0.00907.